The van der Waals surface area contributed by atoms with Gasteiger partial charge in [-0.2, -0.15) is 0 Å². The van der Waals surface area contributed by atoms with Gasteiger partial charge in [0.15, 0.2) is 0 Å². The van der Waals surface area contributed by atoms with E-state index in [0.29, 0.717) is 16.5 Å². The molecule has 1 aromatic carbocycles. The number of nitrogens with zero attached hydrogens (tertiary/aromatic N) is 3. The molecule has 3 aromatic heterocycles. The molecule has 6 heteroatoms. The first-order chi connectivity index (χ1) is 11.7. The highest BCUT2D eigenvalue weighted by molar-refractivity contribution is 7.18. The van der Waals surface area contributed by atoms with Gasteiger partial charge in [0.2, 0.25) is 0 Å². The predicted octanol–water partition coefficient (Wildman–Crippen LogP) is 3.76. The molecule has 0 unspecified atom stereocenters. The predicted molar refractivity (Wildman–Crippen MR) is 94.1 cm³/mol. The standard InChI is InChI=1S/C18H14FN3OS/c1-2-14-8-15-17(24-14)21-10-22(18(15)23)9-12-7-13(19)6-11-4-3-5-20-16(11)12/h3-8,10H,2,9H2,1H3. The van der Waals surface area contributed by atoms with Crippen molar-refractivity contribution < 1.29 is 4.39 Å². The fourth-order valence-electron chi connectivity index (χ4n) is 2.83. The van der Waals surface area contributed by atoms with Crippen molar-refractivity contribution in [2.24, 2.45) is 0 Å². The molecule has 120 valence electrons. The van der Waals surface area contributed by atoms with Crippen LogP contribution in [-0.2, 0) is 13.0 Å². The first kappa shape index (κ1) is 15.0. The number of rotatable bonds is 3. The molecule has 0 aliphatic carbocycles. The number of hydrogen-bond acceptors (Lipinski definition) is 4. The Hall–Kier alpha value is -2.60. The van der Waals surface area contributed by atoms with E-state index in [4.69, 9.17) is 0 Å². The summed E-state index contributed by atoms with van der Waals surface area (Å²) in [5.41, 5.74) is 1.26. The third kappa shape index (κ3) is 2.49. The number of thiophene rings is 1. The van der Waals surface area contributed by atoms with E-state index in [-0.39, 0.29) is 17.9 Å². The molecule has 0 spiro atoms. The summed E-state index contributed by atoms with van der Waals surface area (Å²) in [6.07, 6.45) is 4.07. The molecule has 0 radical (unpaired) electrons. The van der Waals surface area contributed by atoms with Crippen LogP contribution < -0.4 is 5.56 Å². The monoisotopic (exact) mass is 339 g/mol. The van der Waals surface area contributed by atoms with E-state index in [1.165, 1.54) is 34.4 Å². The lowest BCUT2D eigenvalue weighted by molar-refractivity contribution is 0.625. The number of halogens is 1. The van der Waals surface area contributed by atoms with Crippen LogP contribution in [0.5, 0.6) is 0 Å². The SMILES string of the molecule is CCc1cc2c(=O)n(Cc3cc(F)cc4cccnc34)cnc2s1. The fraction of sp³-hybridized carbons (Fsp3) is 0.167. The highest BCUT2D eigenvalue weighted by atomic mass is 32.1. The van der Waals surface area contributed by atoms with Crippen molar-refractivity contribution in [3.05, 3.63) is 69.5 Å². The van der Waals surface area contributed by atoms with Gasteiger partial charge in [-0.25, -0.2) is 9.37 Å². The fourth-order valence-corrected chi connectivity index (χ4v) is 3.75. The lowest BCUT2D eigenvalue weighted by atomic mass is 10.1. The third-order valence-electron chi connectivity index (χ3n) is 4.01. The second kappa shape index (κ2) is 5.79. The molecular formula is C18H14FN3OS. The summed E-state index contributed by atoms with van der Waals surface area (Å²) in [4.78, 5) is 23.3. The molecule has 4 aromatic rings. The van der Waals surface area contributed by atoms with Crippen LogP contribution in [0.1, 0.15) is 17.4 Å². The van der Waals surface area contributed by atoms with Crippen LogP contribution in [0.25, 0.3) is 21.1 Å². The Morgan fingerprint density at radius 2 is 2.12 bits per heavy atom. The Kier molecular flexibility index (Phi) is 3.61. The molecular weight excluding hydrogens is 325 g/mol. The minimum Gasteiger partial charge on any atom is -0.294 e. The molecule has 0 aliphatic rings. The van der Waals surface area contributed by atoms with Crippen LogP contribution in [0.3, 0.4) is 0 Å². The summed E-state index contributed by atoms with van der Waals surface area (Å²) >= 11 is 1.53. The van der Waals surface area contributed by atoms with Crippen LogP contribution >= 0.6 is 11.3 Å². The lowest BCUT2D eigenvalue weighted by Crippen LogP contribution is -2.20. The maximum atomic E-state index is 13.9. The average molecular weight is 339 g/mol. The van der Waals surface area contributed by atoms with E-state index in [9.17, 15) is 9.18 Å². The highest BCUT2D eigenvalue weighted by Crippen LogP contribution is 2.22. The van der Waals surface area contributed by atoms with E-state index < -0.39 is 0 Å². The normalized spacial score (nSPS) is 11.4. The van der Waals surface area contributed by atoms with Gasteiger partial charge in [0, 0.05) is 22.0 Å². The number of fused-ring (bicyclic) bond motifs is 2. The van der Waals surface area contributed by atoms with Gasteiger partial charge in [-0.3, -0.25) is 14.3 Å². The molecule has 4 nitrogen and oxygen atoms in total. The third-order valence-corrected chi connectivity index (χ3v) is 5.19. The maximum absolute atomic E-state index is 13.9. The van der Waals surface area contributed by atoms with Gasteiger partial charge < -0.3 is 0 Å². The number of aromatic nitrogens is 3. The summed E-state index contributed by atoms with van der Waals surface area (Å²) in [6.45, 7) is 2.29. The zero-order valence-electron chi connectivity index (χ0n) is 13.0. The van der Waals surface area contributed by atoms with Crippen molar-refractivity contribution in [2.45, 2.75) is 19.9 Å². The van der Waals surface area contributed by atoms with Crippen molar-refractivity contribution in [1.82, 2.24) is 14.5 Å². The van der Waals surface area contributed by atoms with Crippen LogP contribution in [-0.4, -0.2) is 14.5 Å². The van der Waals surface area contributed by atoms with Gasteiger partial charge in [-0.1, -0.05) is 13.0 Å². The van der Waals surface area contributed by atoms with Crippen LogP contribution in [0, 0.1) is 5.82 Å². The van der Waals surface area contributed by atoms with Gasteiger partial charge >= 0.3 is 0 Å². The van der Waals surface area contributed by atoms with Gasteiger partial charge in [0.05, 0.1) is 23.8 Å². The Morgan fingerprint density at radius 1 is 1.25 bits per heavy atom. The van der Waals surface area contributed by atoms with Gasteiger partial charge in [0.1, 0.15) is 10.6 Å². The summed E-state index contributed by atoms with van der Waals surface area (Å²) < 4.78 is 15.4. The molecule has 0 bridgehead atoms. The van der Waals surface area contributed by atoms with E-state index >= 15 is 0 Å². The smallest absolute Gasteiger partial charge is 0.262 e. The van der Waals surface area contributed by atoms with Crippen molar-refractivity contribution in [1.29, 1.82) is 0 Å². The first-order valence-electron chi connectivity index (χ1n) is 7.66. The molecule has 4 rings (SSSR count). The maximum Gasteiger partial charge on any atom is 0.262 e. The Bertz CT molecular complexity index is 1120. The zero-order chi connectivity index (χ0) is 16.7. The Labute approximate surface area is 141 Å². The van der Waals surface area contributed by atoms with Crippen molar-refractivity contribution in [3.63, 3.8) is 0 Å². The van der Waals surface area contributed by atoms with Crippen LogP contribution in [0.15, 0.2) is 47.7 Å². The second-order valence-electron chi connectivity index (χ2n) is 5.60. The summed E-state index contributed by atoms with van der Waals surface area (Å²) in [7, 11) is 0. The molecule has 3 heterocycles. The summed E-state index contributed by atoms with van der Waals surface area (Å²) in [5, 5.41) is 1.34. The number of pyridine rings is 1. The molecule has 24 heavy (non-hydrogen) atoms. The van der Waals surface area contributed by atoms with Crippen molar-refractivity contribution in [2.75, 3.05) is 0 Å². The van der Waals surface area contributed by atoms with E-state index in [1.807, 2.05) is 19.1 Å². The van der Waals surface area contributed by atoms with Crippen LogP contribution in [0.2, 0.25) is 0 Å². The van der Waals surface area contributed by atoms with Gasteiger partial charge in [0.25, 0.3) is 5.56 Å². The molecule has 0 atom stereocenters. The highest BCUT2D eigenvalue weighted by Gasteiger charge is 2.11. The Morgan fingerprint density at radius 3 is 2.96 bits per heavy atom. The average Bonchev–Trinajstić information content (AvgIpc) is 3.01. The molecule has 0 fully saturated rings. The summed E-state index contributed by atoms with van der Waals surface area (Å²) in [6, 6.07) is 8.35. The van der Waals surface area contributed by atoms with Crippen molar-refractivity contribution >= 4 is 32.5 Å². The largest absolute Gasteiger partial charge is 0.294 e. The van der Waals surface area contributed by atoms with E-state index in [2.05, 4.69) is 9.97 Å². The second-order valence-corrected chi connectivity index (χ2v) is 6.72. The first-order valence-corrected chi connectivity index (χ1v) is 8.48. The minimum absolute atomic E-state index is 0.107. The minimum atomic E-state index is -0.337. The van der Waals surface area contributed by atoms with Gasteiger partial charge in [-0.15, -0.1) is 11.3 Å². The molecule has 0 N–H and O–H groups in total. The number of benzene rings is 1. The molecule has 0 amide bonds. The number of hydrogen-bond donors (Lipinski definition) is 0. The summed E-state index contributed by atoms with van der Waals surface area (Å²) in [5.74, 6) is -0.337. The van der Waals surface area contributed by atoms with Gasteiger partial charge in [-0.05, 0) is 30.7 Å². The molecule has 0 saturated carbocycles. The van der Waals surface area contributed by atoms with Crippen LogP contribution in [0.4, 0.5) is 4.39 Å². The van der Waals surface area contributed by atoms with Crippen molar-refractivity contribution in [3.8, 4) is 0 Å². The topological polar surface area (TPSA) is 47.8 Å². The Balaban J connectivity index is 1.85. The lowest BCUT2D eigenvalue weighted by Gasteiger charge is -2.08. The molecule has 0 saturated heterocycles. The van der Waals surface area contributed by atoms with E-state index in [1.54, 1.807) is 12.3 Å². The molecule has 0 aliphatic heterocycles. The number of aryl methyl sites for hydroxylation is 1. The quantitative estimate of drug-likeness (QED) is 0.571. The van der Waals surface area contributed by atoms with E-state index in [0.717, 1.165) is 21.5 Å². The zero-order valence-corrected chi connectivity index (χ0v) is 13.8.